The fourth-order valence-corrected chi connectivity index (χ4v) is 4.35. The van der Waals surface area contributed by atoms with Crippen LogP contribution in [0, 0.1) is 5.92 Å². The highest BCUT2D eigenvalue weighted by molar-refractivity contribution is 7.22. The highest BCUT2D eigenvalue weighted by atomic mass is 32.1. The van der Waals surface area contributed by atoms with Crippen LogP contribution in [0.1, 0.15) is 5.56 Å². The molecule has 8 heteroatoms. The predicted molar refractivity (Wildman–Crippen MR) is 112 cm³/mol. The zero-order valence-corrected chi connectivity index (χ0v) is 16.5. The van der Waals surface area contributed by atoms with Crippen molar-refractivity contribution in [1.29, 1.82) is 0 Å². The second kappa shape index (κ2) is 7.21. The van der Waals surface area contributed by atoms with Crippen molar-refractivity contribution >= 4 is 32.6 Å². The number of carbonyl (C=O) groups is 1. The number of aromatic nitrogens is 3. The van der Waals surface area contributed by atoms with Crippen molar-refractivity contribution in [1.82, 2.24) is 15.2 Å². The lowest BCUT2D eigenvalue weighted by Gasteiger charge is -2.24. The molecule has 0 bridgehead atoms. The minimum absolute atomic E-state index is 0.0902. The molecule has 1 atom stereocenters. The summed E-state index contributed by atoms with van der Waals surface area (Å²) in [4.78, 5) is 17.3. The van der Waals surface area contributed by atoms with E-state index in [1.165, 1.54) is 11.3 Å². The van der Waals surface area contributed by atoms with E-state index in [9.17, 15) is 4.79 Å². The number of benzene rings is 2. The molecule has 7 nitrogen and oxygen atoms in total. The Morgan fingerprint density at radius 3 is 3.03 bits per heavy atom. The fraction of sp³-hybridized carbons (Fsp3) is 0.190. The van der Waals surface area contributed by atoms with Crippen LogP contribution >= 0.6 is 11.3 Å². The molecule has 0 radical (unpaired) electrons. The highest BCUT2D eigenvalue weighted by Gasteiger charge is 2.27. The third kappa shape index (κ3) is 3.42. The lowest BCUT2D eigenvalue weighted by atomic mass is 9.96. The van der Waals surface area contributed by atoms with Crippen molar-refractivity contribution in [3.8, 4) is 22.6 Å². The first-order valence-electron chi connectivity index (χ1n) is 9.20. The predicted octanol–water partition coefficient (Wildman–Crippen LogP) is 3.88. The van der Waals surface area contributed by atoms with Crippen LogP contribution in [0.25, 0.3) is 21.3 Å². The van der Waals surface area contributed by atoms with E-state index in [1.807, 2.05) is 36.5 Å². The highest BCUT2D eigenvalue weighted by Crippen LogP contribution is 2.33. The van der Waals surface area contributed by atoms with Crippen LogP contribution in [0.2, 0.25) is 0 Å². The molecule has 0 saturated heterocycles. The lowest BCUT2D eigenvalue weighted by molar-refractivity contribution is -0.121. The SMILES string of the molecule is COc1ccc2c(c1)C[C@@H](C(=O)Nc1nc3ccc(-c4cn[nH]c4)cc3s1)CO2. The minimum Gasteiger partial charge on any atom is -0.497 e. The molecule has 2 aromatic carbocycles. The van der Waals surface area contributed by atoms with Crippen molar-refractivity contribution < 1.29 is 14.3 Å². The Kier molecular flexibility index (Phi) is 4.40. The van der Waals surface area contributed by atoms with Crippen LogP contribution in [0.5, 0.6) is 11.5 Å². The molecule has 0 fully saturated rings. The van der Waals surface area contributed by atoms with Gasteiger partial charge < -0.3 is 14.8 Å². The molecular formula is C21H18N4O3S. The normalized spacial score (nSPS) is 15.6. The Labute approximate surface area is 170 Å². The molecule has 3 heterocycles. The first-order chi connectivity index (χ1) is 14.2. The van der Waals surface area contributed by atoms with Gasteiger partial charge >= 0.3 is 0 Å². The third-order valence-corrected chi connectivity index (χ3v) is 5.93. The van der Waals surface area contributed by atoms with E-state index < -0.39 is 0 Å². The summed E-state index contributed by atoms with van der Waals surface area (Å²) in [6.45, 7) is 0.348. The molecule has 2 N–H and O–H groups in total. The number of hydrogen-bond acceptors (Lipinski definition) is 6. The number of fused-ring (bicyclic) bond motifs is 2. The molecule has 0 unspecified atom stereocenters. The Morgan fingerprint density at radius 2 is 2.21 bits per heavy atom. The second-order valence-corrected chi connectivity index (χ2v) is 7.89. The molecule has 0 aliphatic carbocycles. The summed E-state index contributed by atoms with van der Waals surface area (Å²) in [5.41, 5.74) is 3.90. The number of rotatable bonds is 4. The smallest absolute Gasteiger partial charge is 0.233 e. The van der Waals surface area contributed by atoms with Gasteiger partial charge in [-0.1, -0.05) is 17.4 Å². The number of thiazole rings is 1. The van der Waals surface area contributed by atoms with E-state index in [1.54, 1.807) is 13.3 Å². The van der Waals surface area contributed by atoms with Gasteiger partial charge in [0.25, 0.3) is 0 Å². The maximum atomic E-state index is 12.8. The summed E-state index contributed by atoms with van der Waals surface area (Å²) in [5, 5.41) is 10.3. The molecule has 0 spiro atoms. The molecule has 4 aromatic rings. The number of anilines is 1. The standard InChI is InChI=1S/C21H18N4O3S/c1-27-16-3-5-18-13(7-16)6-14(11-28-18)20(26)25-21-24-17-4-2-12(8-19(17)29-21)15-9-22-23-10-15/h2-5,7-10,14H,6,11H2,1H3,(H,22,23)(H,24,25,26)/t14-/m1/s1. The zero-order valence-electron chi connectivity index (χ0n) is 15.6. The van der Waals surface area contributed by atoms with Gasteiger partial charge in [0.1, 0.15) is 18.1 Å². The Balaban J connectivity index is 1.33. The molecule has 2 aromatic heterocycles. The lowest BCUT2D eigenvalue weighted by Crippen LogP contribution is -2.32. The van der Waals surface area contributed by atoms with Crippen molar-refractivity contribution in [3.05, 3.63) is 54.4 Å². The molecule has 0 saturated carbocycles. The van der Waals surface area contributed by atoms with Gasteiger partial charge in [-0.3, -0.25) is 9.89 Å². The maximum absolute atomic E-state index is 12.8. The summed E-state index contributed by atoms with van der Waals surface area (Å²) in [6, 6.07) is 11.7. The van der Waals surface area contributed by atoms with Gasteiger partial charge in [0.05, 0.1) is 29.4 Å². The number of aromatic amines is 1. The molecule has 1 aliphatic rings. The van der Waals surface area contributed by atoms with Gasteiger partial charge in [-0.15, -0.1) is 0 Å². The summed E-state index contributed by atoms with van der Waals surface area (Å²) in [7, 11) is 1.63. The fourth-order valence-electron chi connectivity index (χ4n) is 3.44. The van der Waals surface area contributed by atoms with E-state index >= 15 is 0 Å². The van der Waals surface area contributed by atoms with Crippen LogP contribution in [0.4, 0.5) is 5.13 Å². The van der Waals surface area contributed by atoms with Crippen molar-refractivity contribution in [2.24, 2.45) is 5.92 Å². The molecule has 1 amide bonds. The summed E-state index contributed by atoms with van der Waals surface area (Å²) in [6.07, 6.45) is 4.23. The third-order valence-electron chi connectivity index (χ3n) is 4.99. The number of hydrogen-bond donors (Lipinski definition) is 2. The van der Waals surface area contributed by atoms with Crippen molar-refractivity contribution in [2.75, 3.05) is 19.0 Å². The Morgan fingerprint density at radius 1 is 1.28 bits per heavy atom. The van der Waals surface area contributed by atoms with Crippen LogP contribution in [-0.2, 0) is 11.2 Å². The first-order valence-corrected chi connectivity index (χ1v) is 10.0. The largest absolute Gasteiger partial charge is 0.497 e. The van der Waals surface area contributed by atoms with Gasteiger partial charge in [-0.2, -0.15) is 5.10 Å². The minimum atomic E-state index is -0.275. The van der Waals surface area contributed by atoms with Crippen LogP contribution in [-0.4, -0.2) is 34.8 Å². The number of nitrogens with zero attached hydrogens (tertiary/aromatic N) is 2. The van der Waals surface area contributed by atoms with E-state index in [0.29, 0.717) is 18.2 Å². The molecule has 29 heavy (non-hydrogen) atoms. The van der Waals surface area contributed by atoms with Gasteiger partial charge in [-0.05, 0) is 47.9 Å². The van der Waals surface area contributed by atoms with E-state index in [0.717, 1.165) is 38.4 Å². The topological polar surface area (TPSA) is 89.1 Å². The molecular weight excluding hydrogens is 388 g/mol. The quantitative estimate of drug-likeness (QED) is 0.537. The monoisotopic (exact) mass is 406 g/mol. The summed E-state index contributed by atoms with van der Waals surface area (Å²) >= 11 is 1.46. The van der Waals surface area contributed by atoms with Crippen molar-refractivity contribution in [2.45, 2.75) is 6.42 Å². The van der Waals surface area contributed by atoms with Crippen molar-refractivity contribution in [3.63, 3.8) is 0 Å². The number of amides is 1. The maximum Gasteiger partial charge on any atom is 0.233 e. The van der Waals surface area contributed by atoms with Gasteiger partial charge in [0, 0.05) is 11.8 Å². The summed E-state index contributed by atoms with van der Waals surface area (Å²) in [5.74, 6) is 1.20. The van der Waals surface area contributed by atoms with Crippen LogP contribution < -0.4 is 14.8 Å². The number of methoxy groups -OCH3 is 1. The van der Waals surface area contributed by atoms with E-state index in [4.69, 9.17) is 9.47 Å². The second-order valence-electron chi connectivity index (χ2n) is 6.86. The molecule has 146 valence electrons. The van der Waals surface area contributed by atoms with Gasteiger partial charge in [0.15, 0.2) is 5.13 Å². The average Bonchev–Trinajstić information content (AvgIpc) is 3.41. The Bertz CT molecular complexity index is 1190. The summed E-state index contributed by atoms with van der Waals surface area (Å²) < 4.78 is 12.0. The molecule has 5 rings (SSSR count). The first kappa shape index (κ1) is 17.7. The van der Waals surface area contributed by atoms with Crippen LogP contribution in [0.3, 0.4) is 0 Å². The molecule has 1 aliphatic heterocycles. The number of H-pyrrole nitrogens is 1. The Hall–Kier alpha value is -3.39. The van der Waals surface area contributed by atoms with Crippen LogP contribution in [0.15, 0.2) is 48.8 Å². The number of carbonyl (C=O) groups excluding carboxylic acids is 1. The average molecular weight is 406 g/mol. The number of ether oxygens (including phenoxy) is 2. The van der Waals surface area contributed by atoms with E-state index in [2.05, 4.69) is 26.6 Å². The van der Waals surface area contributed by atoms with Gasteiger partial charge in [-0.25, -0.2) is 4.98 Å². The zero-order chi connectivity index (χ0) is 19.8. The van der Waals surface area contributed by atoms with E-state index in [-0.39, 0.29) is 11.8 Å². The number of nitrogens with one attached hydrogen (secondary N) is 2. The van der Waals surface area contributed by atoms with Gasteiger partial charge in [0.2, 0.25) is 5.91 Å².